The number of anilines is 3. The van der Waals surface area contributed by atoms with Gasteiger partial charge in [-0.15, -0.1) is 0 Å². The molecule has 9 heteroatoms. The summed E-state index contributed by atoms with van der Waals surface area (Å²) in [5.41, 5.74) is 1.72. The molecule has 3 amide bonds. The molecule has 0 heterocycles. The lowest BCUT2D eigenvalue weighted by atomic mass is 10.1. The average molecular weight is 526 g/mol. The third-order valence-electron chi connectivity index (χ3n) is 5.78. The SMILES string of the molecule is COc1ccccc1NC(=O)c1cc(NC(=O)c2ccccc2OC)cc(C(=O)Nc2ccccc2OC)c1. The highest BCUT2D eigenvalue weighted by atomic mass is 16.5. The summed E-state index contributed by atoms with van der Waals surface area (Å²) in [5.74, 6) is -0.139. The van der Waals surface area contributed by atoms with Crippen LogP contribution in [0.3, 0.4) is 0 Å². The molecule has 0 aliphatic carbocycles. The maximum absolute atomic E-state index is 13.3. The second-order valence-electron chi connectivity index (χ2n) is 8.26. The monoisotopic (exact) mass is 525 g/mol. The van der Waals surface area contributed by atoms with Crippen molar-refractivity contribution in [1.29, 1.82) is 0 Å². The molecule has 4 aromatic carbocycles. The van der Waals surface area contributed by atoms with Crippen LogP contribution < -0.4 is 30.2 Å². The number of rotatable bonds is 9. The lowest BCUT2D eigenvalue weighted by Gasteiger charge is -2.14. The van der Waals surface area contributed by atoms with E-state index < -0.39 is 17.7 Å². The Hall–Kier alpha value is -5.31. The van der Waals surface area contributed by atoms with E-state index in [4.69, 9.17) is 14.2 Å². The summed E-state index contributed by atoms with van der Waals surface area (Å²) in [4.78, 5) is 39.6. The first-order valence-corrected chi connectivity index (χ1v) is 11.9. The Labute approximate surface area is 225 Å². The lowest BCUT2D eigenvalue weighted by Crippen LogP contribution is -2.19. The van der Waals surface area contributed by atoms with E-state index in [1.54, 1.807) is 72.8 Å². The van der Waals surface area contributed by atoms with Crippen LogP contribution in [0.2, 0.25) is 0 Å². The predicted molar refractivity (Wildman–Crippen MR) is 149 cm³/mol. The quantitative estimate of drug-likeness (QED) is 0.267. The molecule has 0 saturated carbocycles. The first-order chi connectivity index (χ1) is 18.9. The van der Waals surface area contributed by atoms with Crippen LogP contribution in [-0.2, 0) is 0 Å². The molecule has 0 aliphatic heterocycles. The molecule has 39 heavy (non-hydrogen) atoms. The number of nitrogens with one attached hydrogen (secondary N) is 3. The zero-order chi connectivity index (χ0) is 27.8. The zero-order valence-corrected chi connectivity index (χ0v) is 21.6. The van der Waals surface area contributed by atoms with Gasteiger partial charge in [-0.3, -0.25) is 14.4 Å². The van der Waals surface area contributed by atoms with Gasteiger partial charge >= 0.3 is 0 Å². The molecule has 0 spiro atoms. The van der Waals surface area contributed by atoms with Crippen molar-refractivity contribution in [2.24, 2.45) is 0 Å². The average Bonchev–Trinajstić information content (AvgIpc) is 2.97. The van der Waals surface area contributed by atoms with Gasteiger partial charge in [-0.25, -0.2) is 0 Å². The summed E-state index contributed by atoms with van der Waals surface area (Å²) >= 11 is 0. The second-order valence-corrected chi connectivity index (χ2v) is 8.26. The molecular formula is C30H27N3O6. The van der Waals surface area contributed by atoms with E-state index in [0.29, 0.717) is 34.2 Å². The molecule has 0 aliphatic rings. The number of carbonyl (C=O) groups is 3. The summed E-state index contributed by atoms with van der Waals surface area (Å²) in [6.07, 6.45) is 0. The molecule has 0 atom stereocenters. The summed E-state index contributed by atoms with van der Waals surface area (Å²) in [5, 5.41) is 8.36. The standard InChI is InChI=1S/C30H27N3O6/c1-37-25-13-7-4-10-22(25)30(36)31-21-17-19(28(34)32-23-11-5-8-14-26(23)38-2)16-20(18-21)29(35)33-24-12-6-9-15-27(24)39-3/h4-18H,1-3H3,(H,31,36)(H,32,34)(H,33,35). The minimum absolute atomic E-state index is 0.143. The summed E-state index contributed by atoms with van der Waals surface area (Å²) < 4.78 is 15.9. The van der Waals surface area contributed by atoms with Gasteiger partial charge in [0, 0.05) is 16.8 Å². The largest absolute Gasteiger partial charge is 0.496 e. The van der Waals surface area contributed by atoms with Crippen molar-refractivity contribution >= 4 is 34.8 Å². The molecule has 0 radical (unpaired) electrons. The number of amides is 3. The zero-order valence-electron chi connectivity index (χ0n) is 21.6. The second kappa shape index (κ2) is 12.3. The highest BCUT2D eigenvalue weighted by molar-refractivity contribution is 6.12. The molecule has 3 N–H and O–H groups in total. The van der Waals surface area contributed by atoms with E-state index >= 15 is 0 Å². The topological polar surface area (TPSA) is 115 Å². The van der Waals surface area contributed by atoms with Gasteiger partial charge in [-0.2, -0.15) is 0 Å². The van der Waals surface area contributed by atoms with Crippen molar-refractivity contribution in [3.8, 4) is 17.2 Å². The molecule has 0 bridgehead atoms. The number of hydrogen-bond acceptors (Lipinski definition) is 6. The molecule has 9 nitrogen and oxygen atoms in total. The smallest absolute Gasteiger partial charge is 0.259 e. The van der Waals surface area contributed by atoms with Gasteiger partial charge in [0.1, 0.15) is 17.2 Å². The van der Waals surface area contributed by atoms with Crippen molar-refractivity contribution in [3.05, 3.63) is 108 Å². The minimum Gasteiger partial charge on any atom is -0.496 e. The van der Waals surface area contributed by atoms with Crippen LogP contribution in [0.4, 0.5) is 17.1 Å². The Bertz CT molecular complexity index is 1440. The summed E-state index contributed by atoms with van der Waals surface area (Å²) in [6, 6.07) is 25.0. The molecule has 0 fully saturated rings. The fourth-order valence-electron chi connectivity index (χ4n) is 3.88. The Morgan fingerprint density at radius 1 is 0.513 bits per heavy atom. The Morgan fingerprint density at radius 3 is 1.44 bits per heavy atom. The third-order valence-corrected chi connectivity index (χ3v) is 5.78. The predicted octanol–water partition coefficient (Wildman–Crippen LogP) is 5.47. The van der Waals surface area contributed by atoms with Crippen LogP contribution >= 0.6 is 0 Å². The Morgan fingerprint density at radius 2 is 0.949 bits per heavy atom. The van der Waals surface area contributed by atoms with E-state index in [1.165, 1.54) is 39.5 Å². The normalized spacial score (nSPS) is 10.2. The number of hydrogen-bond donors (Lipinski definition) is 3. The fraction of sp³-hybridized carbons (Fsp3) is 0.100. The van der Waals surface area contributed by atoms with Gasteiger partial charge in [0.15, 0.2) is 0 Å². The van der Waals surface area contributed by atoms with Gasteiger partial charge in [0.2, 0.25) is 0 Å². The van der Waals surface area contributed by atoms with Crippen LogP contribution in [0.5, 0.6) is 17.2 Å². The van der Waals surface area contributed by atoms with Crippen LogP contribution in [0.25, 0.3) is 0 Å². The minimum atomic E-state index is -0.501. The maximum Gasteiger partial charge on any atom is 0.259 e. The molecule has 0 aromatic heterocycles. The first kappa shape index (κ1) is 26.7. The Kier molecular flexibility index (Phi) is 8.43. The van der Waals surface area contributed by atoms with Crippen molar-refractivity contribution in [2.45, 2.75) is 0 Å². The van der Waals surface area contributed by atoms with Crippen molar-refractivity contribution in [1.82, 2.24) is 0 Å². The molecule has 0 unspecified atom stereocenters. The van der Waals surface area contributed by atoms with E-state index in [-0.39, 0.29) is 16.8 Å². The van der Waals surface area contributed by atoms with Gasteiger partial charge in [-0.05, 0) is 54.6 Å². The number of ether oxygens (including phenoxy) is 3. The maximum atomic E-state index is 13.3. The van der Waals surface area contributed by atoms with E-state index in [9.17, 15) is 14.4 Å². The molecule has 4 rings (SSSR count). The Balaban J connectivity index is 1.69. The van der Waals surface area contributed by atoms with Crippen molar-refractivity contribution in [2.75, 3.05) is 37.3 Å². The van der Waals surface area contributed by atoms with Gasteiger partial charge in [0.25, 0.3) is 17.7 Å². The first-order valence-electron chi connectivity index (χ1n) is 11.9. The molecule has 0 saturated heterocycles. The fourth-order valence-corrected chi connectivity index (χ4v) is 3.88. The number of para-hydroxylation sites is 5. The number of benzene rings is 4. The van der Waals surface area contributed by atoms with Crippen molar-refractivity contribution < 1.29 is 28.6 Å². The van der Waals surface area contributed by atoms with Gasteiger partial charge in [-0.1, -0.05) is 36.4 Å². The van der Waals surface area contributed by atoms with Gasteiger partial charge < -0.3 is 30.2 Å². The summed E-state index contributed by atoms with van der Waals surface area (Å²) in [7, 11) is 4.47. The van der Waals surface area contributed by atoms with E-state index in [0.717, 1.165) is 0 Å². The molecular weight excluding hydrogens is 498 g/mol. The van der Waals surface area contributed by atoms with E-state index in [2.05, 4.69) is 16.0 Å². The highest BCUT2D eigenvalue weighted by Gasteiger charge is 2.18. The molecule has 4 aromatic rings. The van der Waals surface area contributed by atoms with Crippen LogP contribution in [0.15, 0.2) is 91.0 Å². The number of methoxy groups -OCH3 is 3. The number of carbonyl (C=O) groups excluding carboxylic acids is 3. The third kappa shape index (κ3) is 6.34. The van der Waals surface area contributed by atoms with Crippen LogP contribution in [0.1, 0.15) is 31.1 Å². The van der Waals surface area contributed by atoms with Crippen LogP contribution in [0, 0.1) is 0 Å². The summed E-state index contributed by atoms with van der Waals surface area (Å²) in [6.45, 7) is 0. The van der Waals surface area contributed by atoms with E-state index in [1.807, 2.05) is 0 Å². The molecule has 198 valence electrons. The van der Waals surface area contributed by atoms with Gasteiger partial charge in [0.05, 0.1) is 38.3 Å². The van der Waals surface area contributed by atoms with Crippen molar-refractivity contribution in [3.63, 3.8) is 0 Å². The van der Waals surface area contributed by atoms with Crippen LogP contribution in [-0.4, -0.2) is 39.1 Å². The lowest BCUT2D eigenvalue weighted by molar-refractivity contribution is 0.101. The highest BCUT2D eigenvalue weighted by Crippen LogP contribution is 2.27.